The van der Waals surface area contributed by atoms with E-state index in [2.05, 4.69) is 10.1 Å². The van der Waals surface area contributed by atoms with Crippen LogP contribution in [0.25, 0.3) is 10.9 Å². The van der Waals surface area contributed by atoms with E-state index in [1.54, 1.807) is 17.0 Å². The lowest BCUT2D eigenvalue weighted by atomic mass is 9.94. The van der Waals surface area contributed by atoms with Gasteiger partial charge in [0.25, 0.3) is 5.91 Å². The number of halogens is 1. The Kier molecular flexibility index (Phi) is 3.75. The molecular weight excluding hydrogens is 359 g/mol. The highest BCUT2D eigenvalue weighted by atomic mass is 19.1. The van der Waals surface area contributed by atoms with Crippen LogP contribution in [-0.2, 0) is 22.6 Å². The highest BCUT2D eigenvalue weighted by molar-refractivity contribution is 5.97. The number of nitrogens with one attached hydrogen (secondary N) is 1. The van der Waals surface area contributed by atoms with Gasteiger partial charge in [-0.05, 0) is 29.3 Å². The van der Waals surface area contributed by atoms with Crippen molar-refractivity contribution in [1.29, 1.82) is 0 Å². The van der Waals surface area contributed by atoms with E-state index in [9.17, 15) is 14.0 Å². The second kappa shape index (κ2) is 6.30. The summed E-state index contributed by atoms with van der Waals surface area (Å²) in [4.78, 5) is 30.6. The standard InChI is InChI=1S/C21H17FN4O2/c22-14-5-3-4-13(8-14)10-23-26-12-20(27)25-11-18-16(9-19(25)21(26)28)15-6-1-2-7-17(15)24-18/h1-8,10,19,24H,9,11-12H2/t19-/m1/s1. The Hall–Kier alpha value is -3.48. The molecular formula is C21H17FN4O2. The summed E-state index contributed by atoms with van der Waals surface area (Å²) in [5.41, 5.74) is 3.60. The van der Waals surface area contributed by atoms with Gasteiger partial charge < -0.3 is 9.88 Å². The molecule has 3 aromatic rings. The van der Waals surface area contributed by atoms with Gasteiger partial charge in [0.15, 0.2) is 0 Å². The number of carbonyl (C=O) groups excluding carboxylic acids is 2. The number of para-hydroxylation sites is 1. The van der Waals surface area contributed by atoms with E-state index in [1.165, 1.54) is 23.4 Å². The zero-order valence-corrected chi connectivity index (χ0v) is 14.9. The number of aromatic amines is 1. The van der Waals surface area contributed by atoms with E-state index in [-0.39, 0.29) is 24.2 Å². The third kappa shape index (κ3) is 2.67. The van der Waals surface area contributed by atoms with Crippen LogP contribution in [0.15, 0.2) is 53.6 Å². The maximum atomic E-state index is 13.3. The van der Waals surface area contributed by atoms with Crippen LogP contribution in [0.4, 0.5) is 4.39 Å². The Morgan fingerprint density at radius 2 is 1.96 bits per heavy atom. The molecule has 0 unspecified atom stereocenters. The van der Waals surface area contributed by atoms with Crippen molar-refractivity contribution in [3.8, 4) is 0 Å². The second-order valence-electron chi connectivity index (χ2n) is 7.06. The largest absolute Gasteiger partial charge is 0.357 e. The lowest BCUT2D eigenvalue weighted by molar-refractivity contribution is -0.157. The van der Waals surface area contributed by atoms with Gasteiger partial charge in [0, 0.05) is 23.0 Å². The van der Waals surface area contributed by atoms with Gasteiger partial charge in [-0.1, -0.05) is 30.3 Å². The van der Waals surface area contributed by atoms with Gasteiger partial charge in [-0.2, -0.15) is 5.10 Å². The zero-order valence-electron chi connectivity index (χ0n) is 14.9. The molecule has 7 heteroatoms. The number of hydrogen-bond donors (Lipinski definition) is 1. The van der Waals surface area contributed by atoms with Gasteiger partial charge in [-0.25, -0.2) is 9.40 Å². The average Bonchev–Trinajstić information content (AvgIpc) is 3.06. The van der Waals surface area contributed by atoms with Crippen molar-refractivity contribution in [3.63, 3.8) is 0 Å². The summed E-state index contributed by atoms with van der Waals surface area (Å²) in [7, 11) is 0. The number of hydrogen-bond acceptors (Lipinski definition) is 3. The molecule has 2 aliphatic rings. The van der Waals surface area contributed by atoms with Crippen molar-refractivity contribution in [2.24, 2.45) is 5.10 Å². The highest BCUT2D eigenvalue weighted by Gasteiger charge is 2.43. The van der Waals surface area contributed by atoms with Crippen LogP contribution in [0.3, 0.4) is 0 Å². The van der Waals surface area contributed by atoms with Gasteiger partial charge in [0.05, 0.1) is 12.8 Å². The highest BCUT2D eigenvalue weighted by Crippen LogP contribution is 2.32. The van der Waals surface area contributed by atoms with Crippen LogP contribution >= 0.6 is 0 Å². The number of nitrogens with zero attached hydrogens (tertiary/aromatic N) is 3. The third-order valence-corrected chi connectivity index (χ3v) is 5.34. The minimum absolute atomic E-state index is 0.114. The molecule has 0 aliphatic carbocycles. The molecule has 0 saturated carbocycles. The Balaban J connectivity index is 1.45. The van der Waals surface area contributed by atoms with Crippen LogP contribution in [0.1, 0.15) is 16.8 Å². The Bertz CT molecular complexity index is 1140. The number of rotatable bonds is 2. The van der Waals surface area contributed by atoms with E-state index in [1.807, 2.05) is 24.3 Å². The van der Waals surface area contributed by atoms with Crippen LogP contribution < -0.4 is 0 Å². The van der Waals surface area contributed by atoms with Crippen molar-refractivity contribution in [2.75, 3.05) is 6.54 Å². The molecule has 3 heterocycles. The van der Waals surface area contributed by atoms with E-state index in [0.29, 0.717) is 18.5 Å². The van der Waals surface area contributed by atoms with Crippen LogP contribution in [0.2, 0.25) is 0 Å². The number of fused-ring (bicyclic) bond motifs is 4. The van der Waals surface area contributed by atoms with Crippen molar-refractivity contribution in [3.05, 3.63) is 71.2 Å². The molecule has 140 valence electrons. The molecule has 2 aliphatic heterocycles. The summed E-state index contributed by atoms with van der Waals surface area (Å²) < 4.78 is 13.3. The van der Waals surface area contributed by atoms with Crippen molar-refractivity contribution in [1.82, 2.24) is 14.9 Å². The number of H-pyrrole nitrogens is 1. The predicted molar refractivity (Wildman–Crippen MR) is 102 cm³/mol. The minimum atomic E-state index is -0.572. The normalized spacial score (nSPS) is 19.4. The fourth-order valence-electron chi connectivity index (χ4n) is 3.98. The minimum Gasteiger partial charge on any atom is -0.357 e. The lowest BCUT2D eigenvalue weighted by Crippen LogP contribution is -2.60. The molecule has 1 aromatic heterocycles. The Labute approximate surface area is 160 Å². The van der Waals surface area contributed by atoms with Crippen LogP contribution in [0, 0.1) is 5.82 Å². The first-order valence-corrected chi connectivity index (χ1v) is 9.09. The number of hydrazone groups is 1. The van der Waals surface area contributed by atoms with E-state index in [4.69, 9.17) is 0 Å². The molecule has 5 rings (SSSR count). The average molecular weight is 376 g/mol. The molecule has 0 radical (unpaired) electrons. The van der Waals surface area contributed by atoms with Gasteiger partial charge in [-0.3, -0.25) is 9.59 Å². The first-order chi connectivity index (χ1) is 13.6. The third-order valence-electron chi connectivity index (χ3n) is 5.34. The maximum Gasteiger partial charge on any atom is 0.266 e. The topological polar surface area (TPSA) is 68.8 Å². The maximum absolute atomic E-state index is 13.3. The van der Waals surface area contributed by atoms with Gasteiger partial charge in [0.1, 0.15) is 18.4 Å². The number of amides is 2. The van der Waals surface area contributed by atoms with Crippen molar-refractivity contribution in [2.45, 2.75) is 19.0 Å². The quantitative estimate of drug-likeness (QED) is 0.698. The number of piperazine rings is 1. The molecule has 1 saturated heterocycles. The SMILES string of the molecule is O=C1[C@H]2Cc3c([nH]c4ccccc34)CN2C(=O)CN1N=Cc1cccc(F)c1. The molecule has 1 atom stereocenters. The Morgan fingerprint density at radius 3 is 2.82 bits per heavy atom. The number of aromatic nitrogens is 1. The first-order valence-electron chi connectivity index (χ1n) is 9.09. The molecule has 1 fully saturated rings. The smallest absolute Gasteiger partial charge is 0.266 e. The number of benzene rings is 2. The predicted octanol–water partition coefficient (Wildman–Crippen LogP) is 2.44. The fraction of sp³-hybridized carbons (Fsp3) is 0.190. The molecule has 28 heavy (non-hydrogen) atoms. The van der Waals surface area contributed by atoms with Gasteiger partial charge in [0.2, 0.25) is 5.91 Å². The summed E-state index contributed by atoms with van der Waals surface area (Å²) in [5, 5.41) is 6.43. The summed E-state index contributed by atoms with van der Waals surface area (Å²) in [6.07, 6.45) is 1.86. The zero-order chi connectivity index (χ0) is 19.3. The van der Waals surface area contributed by atoms with Crippen LogP contribution in [-0.4, -0.2) is 45.5 Å². The number of carbonyl (C=O) groups is 2. The monoisotopic (exact) mass is 376 g/mol. The summed E-state index contributed by atoms with van der Waals surface area (Å²) in [5.74, 6) is -0.746. The Morgan fingerprint density at radius 1 is 1.11 bits per heavy atom. The molecule has 6 nitrogen and oxygen atoms in total. The van der Waals surface area contributed by atoms with Gasteiger partial charge in [-0.15, -0.1) is 0 Å². The van der Waals surface area contributed by atoms with Crippen molar-refractivity contribution < 1.29 is 14.0 Å². The summed E-state index contributed by atoms with van der Waals surface area (Å²) >= 11 is 0. The molecule has 2 aromatic carbocycles. The molecule has 0 bridgehead atoms. The summed E-state index contributed by atoms with van der Waals surface area (Å²) in [6.45, 7) is 0.275. The van der Waals surface area contributed by atoms with Gasteiger partial charge >= 0.3 is 0 Å². The molecule has 0 spiro atoms. The summed E-state index contributed by atoms with van der Waals surface area (Å²) in [6, 6.07) is 13.3. The van der Waals surface area contributed by atoms with E-state index >= 15 is 0 Å². The second-order valence-corrected chi connectivity index (χ2v) is 7.06. The lowest BCUT2D eigenvalue weighted by Gasteiger charge is -2.40. The van der Waals surface area contributed by atoms with Crippen LogP contribution in [0.5, 0.6) is 0 Å². The van der Waals surface area contributed by atoms with E-state index in [0.717, 1.165) is 22.2 Å². The fourth-order valence-corrected chi connectivity index (χ4v) is 3.98. The van der Waals surface area contributed by atoms with Crippen molar-refractivity contribution >= 4 is 28.9 Å². The molecule has 1 N–H and O–H groups in total. The van der Waals surface area contributed by atoms with E-state index < -0.39 is 6.04 Å². The first kappa shape index (κ1) is 16.7. The molecule has 2 amide bonds.